The first-order valence-electron chi connectivity index (χ1n) is 7.23. The van der Waals surface area contributed by atoms with Gasteiger partial charge >= 0.3 is 11.9 Å². The van der Waals surface area contributed by atoms with Crippen molar-refractivity contribution in [3.05, 3.63) is 0 Å². The first-order valence-corrected chi connectivity index (χ1v) is 7.23. The molecule has 1 amide bonds. The Morgan fingerprint density at radius 3 is 1.95 bits per heavy atom. The molecule has 0 heterocycles. The Morgan fingerprint density at radius 2 is 1.50 bits per heavy atom. The van der Waals surface area contributed by atoms with Crippen LogP contribution < -0.4 is 5.32 Å². The van der Waals surface area contributed by atoms with Gasteiger partial charge in [0, 0.05) is 6.04 Å². The van der Waals surface area contributed by atoms with Crippen molar-refractivity contribution in [2.45, 2.75) is 52.0 Å². The second-order valence-electron chi connectivity index (χ2n) is 4.78. The molecule has 0 aliphatic heterocycles. The Hall–Kier alpha value is -1.59. The van der Waals surface area contributed by atoms with Gasteiger partial charge in [-0.15, -0.1) is 0 Å². The lowest BCUT2D eigenvalue weighted by molar-refractivity contribution is -0.164. The number of carbonyl (C=O) groups is 3. The molecule has 0 aromatic carbocycles. The molecule has 0 atom stereocenters. The largest absolute Gasteiger partial charge is 0.465 e. The van der Waals surface area contributed by atoms with Crippen molar-refractivity contribution in [2.24, 2.45) is 5.92 Å². The van der Waals surface area contributed by atoms with Gasteiger partial charge in [0.2, 0.25) is 11.8 Å². The van der Waals surface area contributed by atoms with Crippen molar-refractivity contribution < 1.29 is 23.9 Å². The lowest BCUT2D eigenvalue weighted by atomic mass is 9.95. The fourth-order valence-electron chi connectivity index (χ4n) is 2.29. The molecule has 1 N–H and O–H groups in total. The van der Waals surface area contributed by atoms with E-state index >= 15 is 0 Å². The second kappa shape index (κ2) is 8.55. The van der Waals surface area contributed by atoms with Gasteiger partial charge in [0.1, 0.15) is 0 Å². The maximum Gasteiger partial charge on any atom is 0.330 e. The van der Waals surface area contributed by atoms with E-state index in [0.717, 1.165) is 32.1 Å². The minimum atomic E-state index is -1.52. The number of nitrogens with one attached hydrogen (secondary N) is 1. The topological polar surface area (TPSA) is 81.7 Å². The van der Waals surface area contributed by atoms with Gasteiger partial charge in [-0.1, -0.05) is 19.3 Å². The third-order valence-corrected chi connectivity index (χ3v) is 3.26. The summed E-state index contributed by atoms with van der Waals surface area (Å²) in [6.07, 6.45) is 5.02. The molecule has 114 valence electrons. The Bertz CT molecular complexity index is 331. The molecule has 1 saturated carbocycles. The van der Waals surface area contributed by atoms with Crippen LogP contribution >= 0.6 is 0 Å². The molecular weight excluding hydrogens is 262 g/mol. The Kier molecular flexibility index (Phi) is 7.04. The third kappa shape index (κ3) is 4.83. The monoisotopic (exact) mass is 285 g/mol. The molecule has 0 aromatic rings. The normalized spacial score (nSPS) is 15.8. The predicted molar refractivity (Wildman–Crippen MR) is 71.8 cm³/mol. The highest BCUT2D eigenvalue weighted by atomic mass is 16.6. The SMILES string of the molecule is CCOC(=O)C(C(=O)NC1CCCCC1)C(=O)OCC. The van der Waals surface area contributed by atoms with Crippen LogP contribution in [0, 0.1) is 5.92 Å². The zero-order chi connectivity index (χ0) is 15.0. The lowest BCUT2D eigenvalue weighted by Crippen LogP contribution is -2.46. The highest BCUT2D eigenvalue weighted by Crippen LogP contribution is 2.18. The number of ether oxygens (including phenoxy) is 2. The van der Waals surface area contributed by atoms with Gasteiger partial charge in [0.15, 0.2) is 0 Å². The lowest BCUT2D eigenvalue weighted by Gasteiger charge is -2.24. The fraction of sp³-hybridized carbons (Fsp3) is 0.786. The summed E-state index contributed by atoms with van der Waals surface area (Å²) in [6, 6.07) is 0.0302. The number of esters is 2. The van der Waals surface area contributed by atoms with Crippen molar-refractivity contribution in [3.8, 4) is 0 Å². The summed E-state index contributed by atoms with van der Waals surface area (Å²) in [5.41, 5.74) is 0. The number of hydrogen-bond acceptors (Lipinski definition) is 5. The van der Waals surface area contributed by atoms with Gasteiger partial charge in [-0.2, -0.15) is 0 Å². The van der Waals surface area contributed by atoms with E-state index in [-0.39, 0.29) is 19.3 Å². The summed E-state index contributed by atoms with van der Waals surface area (Å²) in [5.74, 6) is -3.83. The van der Waals surface area contributed by atoms with Crippen molar-refractivity contribution in [2.75, 3.05) is 13.2 Å². The van der Waals surface area contributed by atoms with Gasteiger partial charge in [0.05, 0.1) is 13.2 Å². The van der Waals surface area contributed by atoms with Crippen LogP contribution in [0.1, 0.15) is 46.0 Å². The zero-order valence-electron chi connectivity index (χ0n) is 12.1. The summed E-state index contributed by atoms with van der Waals surface area (Å²) in [5, 5.41) is 2.76. The molecule has 6 nitrogen and oxygen atoms in total. The van der Waals surface area contributed by atoms with Crippen LogP contribution in [-0.4, -0.2) is 37.1 Å². The molecule has 1 fully saturated rings. The number of amides is 1. The van der Waals surface area contributed by atoms with E-state index in [2.05, 4.69) is 5.32 Å². The van der Waals surface area contributed by atoms with Crippen LogP contribution in [0.5, 0.6) is 0 Å². The standard InChI is InChI=1S/C14H23NO5/c1-3-19-13(17)11(14(18)20-4-2)12(16)15-10-8-6-5-7-9-10/h10-11H,3-9H2,1-2H3,(H,15,16). The summed E-state index contributed by atoms with van der Waals surface area (Å²) in [7, 11) is 0. The summed E-state index contributed by atoms with van der Waals surface area (Å²) >= 11 is 0. The van der Waals surface area contributed by atoms with Crippen LogP contribution in [0.2, 0.25) is 0 Å². The molecule has 0 spiro atoms. The van der Waals surface area contributed by atoms with E-state index in [4.69, 9.17) is 9.47 Å². The molecule has 0 bridgehead atoms. The Labute approximate surface area is 119 Å². The van der Waals surface area contributed by atoms with Crippen LogP contribution in [0.15, 0.2) is 0 Å². The molecule has 1 aliphatic rings. The quantitative estimate of drug-likeness (QED) is 0.585. The highest BCUT2D eigenvalue weighted by molar-refractivity contribution is 6.14. The predicted octanol–water partition coefficient (Wildman–Crippen LogP) is 1.18. The molecule has 1 rings (SSSR count). The first-order chi connectivity index (χ1) is 9.60. The summed E-state index contributed by atoms with van der Waals surface area (Å²) < 4.78 is 9.56. The molecule has 0 aromatic heterocycles. The minimum absolute atomic E-state index is 0.0302. The number of hydrogen-bond donors (Lipinski definition) is 1. The van der Waals surface area contributed by atoms with Crippen LogP contribution in [0.3, 0.4) is 0 Å². The van der Waals surface area contributed by atoms with Gasteiger partial charge in [-0.05, 0) is 26.7 Å². The molecule has 0 saturated heterocycles. The van der Waals surface area contributed by atoms with E-state index < -0.39 is 23.8 Å². The highest BCUT2D eigenvalue weighted by Gasteiger charge is 2.37. The molecule has 1 aliphatic carbocycles. The van der Waals surface area contributed by atoms with E-state index in [9.17, 15) is 14.4 Å². The van der Waals surface area contributed by atoms with Gasteiger partial charge < -0.3 is 14.8 Å². The Morgan fingerprint density at radius 1 is 1.00 bits per heavy atom. The van der Waals surface area contributed by atoms with Gasteiger partial charge in [-0.25, -0.2) is 0 Å². The van der Waals surface area contributed by atoms with Crippen molar-refractivity contribution in [3.63, 3.8) is 0 Å². The summed E-state index contributed by atoms with van der Waals surface area (Å²) in [4.78, 5) is 35.6. The number of carbonyl (C=O) groups excluding carboxylic acids is 3. The van der Waals surface area contributed by atoms with Crippen LogP contribution in [-0.2, 0) is 23.9 Å². The first kappa shape index (κ1) is 16.5. The van der Waals surface area contributed by atoms with Crippen molar-refractivity contribution >= 4 is 17.8 Å². The third-order valence-electron chi connectivity index (χ3n) is 3.26. The minimum Gasteiger partial charge on any atom is -0.465 e. The Balaban J connectivity index is 2.67. The van der Waals surface area contributed by atoms with E-state index in [0.29, 0.717) is 0 Å². The molecule has 0 unspecified atom stereocenters. The average Bonchev–Trinajstić information content (AvgIpc) is 2.40. The molecule has 0 radical (unpaired) electrons. The van der Waals surface area contributed by atoms with E-state index in [1.807, 2.05) is 0 Å². The smallest absolute Gasteiger partial charge is 0.330 e. The molecule has 6 heteroatoms. The van der Waals surface area contributed by atoms with Crippen molar-refractivity contribution in [1.82, 2.24) is 5.32 Å². The fourth-order valence-corrected chi connectivity index (χ4v) is 2.29. The second-order valence-corrected chi connectivity index (χ2v) is 4.78. The molecular formula is C14H23NO5. The van der Waals surface area contributed by atoms with Crippen LogP contribution in [0.25, 0.3) is 0 Å². The maximum absolute atomic E-state index is 12.1. The average molecular weight is 285 g/mol. The van der Waals surface area contributed by atoms with Crippen molar-refractivity contribution in [1.29, 1.82) is 0 Å². The maximum atomic E-state index is 12.1. The van der Waals surface area contributed by atoms with Gasteiger partial charge in [-0.3, -0.25) is 14.4 Å². The van der Waals surface area contributed by atoms with Crippen LogP contribution in [0.4, 0.5) is 0 Å². The zero-order valence-corrected chi connectivity index (χ0v) is 12.1. The van der Waals surface area contributed by atoms with Gasteiger partial charge in [0.25, 0.3) is 0 Å². The summed E-state index contributed by atoms with van der Waals surface area (Å²) in [6.45, 7) is 3.48. The van der Waals surface area contributed by atoms with E-state index in [1.54, 1.807) is 13.8 Å². The van der Waals surface area contributed by atoms with E-state index in [1.165, 1.54) is 0 Å². The number of rotatable bonds is 6. The molecule has 20 heavy (non-hydrogen) atoms.